The maximum atomic E-state index is 11.9. The molecule has 2 aliphatic rings. The summed E-state index contributed by atoms with van der Waals surface area (Å²) in [5.74, 6) is 1.66. The van der Waals surface area contributed by atoms with Crippen LogP contribution in [-0.4, -0.2) is 28.8 Å². The predicted molar refractivity (Wildman–Crippen MR) is 118 cm³/mol. The van der Waals surface area contributed by atoms with Gasteiger partial charge in [-0.15, -0.1) is 10.2 Å². The normalized spacial score (nSPS) is 17.0. The van der Waals surface area contributed by atoms with Crippen molar-refractivity contribution in [3.8, 4) is 16.9 Å². The Hall–Kier alpha value is -3.15. The van der Waals surface area contributed by atoms with Crippen molar-refractivity contribution in [3.05, 3.63) is 48.2 Å². The van der Waals surface area contributed by atoms with E-state index in [0.717, 1.165) is 34.4 Å². The largest absolute Gasteiger partial charge is 0.493 e. The van der Waals surface area contributed by atoms with E-state index in [4.69, 9.17) is 10.5 Å². The lowest BCUT2D eigenvalue weighted by molar-refractivity contribution is 0.0995. The maximum Gasteiger partial charge on any atom is 0.271 e. The first-order valence-electron chi connectivity index (χ1n) is 10.7. The molecule has 0 radical (unpaired) electrons. The number of anilines is 1. The van der Waals surface area contributed by atoms with E-state index in [9.17, 15) is 4.79 Å². The highest BCUT2D eigenvalue weighted by Crippen LogP contribution is 2.36. The third-order valence-electron chi connectivity index (χ3n) is 6.05. The Bertz CT molecular complexity index is 1110. The lowest BCUT2D eigenvalue weighted by Gasteiger charge is -2.18. The van der Waals surface area contributed by atoms with Gasteiger partial charge in [0, 0.05) is 11.4 Å². The number of carbonyl (C=O) groups is 1. The highest BCUT2D eigenvalue weighted by molar-refractivity contribution is 6.05. The third kappa shape index (κ3) is 3.95. The van der Waals surface area contributed by atoms with Gasteiger partial charge in [-0.1, -0.05) is 18.2 Å². The minimum Gasteiger partial charge on any atom is -0.493 e. The number of benzene rings is 2. The number of ether oxygens (including phenoxy) is 1. The summed E-state index contributed by atoms with van der Waals surface area (Å²) in [6.45, 7) is 2.92. The summed E-state index contributed by atoms with van der Waals surface area (Å²) in [4.78, 5) is 11.9. The fourth-order valence-electron chi connectivity index (χ4n) is 3.81. The molecular weight excluding hydrogens is 376 g/mol. The molecule has 1 aromatic heterocycles. The minimum atomic E-state index is -0.570. The second kappa shape index (κ2) is 7.59. The van der Waals surface area contributed by atoms with E-state index in [0.29, 0.717) is 17.5 Å². The summed E-state index contributed by atoms with van der Waals surface area (Å²) in [5.41, 5.74) is 9.26. The Balaban J connectivity index is 1.48. The van der Waals surface area contributed by atoms with Crippen LogP contribution in [0, 0.1) is 11.8 Å². The van der Waals surface area contributed by atoms with Crippen molar-refractivity contribution in [2.24, 2.45) is 17.6 Å². The van der Waals surface area contributed by atoms with Crippen LogP contribution in [-0.2, 0) is 0 Å². The molecule has 1 atom stereocenters. The van der Waals surface area contributed by atoms with Crippen LogP contribution in [0.1, 0.15) is 43.1 Å². The SMILES string of the molecule is C[C@@H](Nc1c(C(N)=O)nnc2cc(-c3cccc(OCC4CC4)c3)ccc12)C1CC1. The Morgan fingerprint density at radius 3 is 2.67 bits per heavy atom. The lowest BCUT2D eigenvalue weighted by Crippen LogP contribution is -2.23. The number of carbonyl (C=O) groups excluding carboxylic acids is 1. The molecule has 2 fully saturated rings. The van der Waals surface area contributed by atoms with E-state index in [1.807, 2.05) is 30.3 Å². The number of hydrogen-bond acceptors (Lipinski definition) is 5. The smallest absolute Gasteiger partial charge is 0.271 e. The van der Waals surface area contributed by atoms with Crippen molar-refractivity contribution in [2.75, 3.05) is 11.9 Å². The average Bonchev–Trinajstić information content (AvgIpc) is 3.65. The van der Waals surface area contributed by atoms with E-state index >= 15 is 0 Å². The summed E-state index contributed by atoms with van der Waals surface area (Å²) in [6, 6.07) is 14.4. The molecule has 2 aromatic carbocycles. The van der Waals surface area contributed by atoms with Crippen molar-refractivity contribution in [1.29, 1.82) is 0 Å². The molecule has 2 aliphatic carbocycles. The molecule has 0 saturated heterocycles. The number of aromatic nitrogens is 2. The van der Waals surface area contributed by atoms with Crippen LogP contribution < -0.4 is 15.8 Å². The molecule has 30 heavy (non-hydrogen) atoms. The summed E-state index contributed by atoms with van der Waals surface area (Å²) in [5, 5.41) is 12.8. The molecule has 1 amide bonds. The lowest BCUT2D eigenvalue weighted by atomic mass is 10.0. The molecule has 6 nitrogen and oxygen atoms in total. The van der Waals surface area contributed by atoms with Gasteiger partial charge < -0.3 is 15.8 Å². The highest BCUT2D eigenvalue weighted by Gasteiger charge is 2.29. The van der Waals surface area contributed by atoms with E-state index < -0.39 is 5.91 Å². The quantitative estimate of drug-likeness (QED) is 0.583. The molecule has 0 unspecified atom stereocenters. The van der Waals surface area contributed by atoms with Crippen LogP contribution in [0.2, 0.25) is 0 Å². The van der Waals surface area contributed by atoms with Crippen molar-refractivity contribution in [3.63, 3.8) is 0 Å². The molecule has 0 aliphatic heterocycles. The number of hydrogen-bond donors (Lipinski definition) is 2. The van der Waals surface area contributed by atoms with Gasteiger partial charge in [0.2, 0.25) is 0 Å². The van der Waals surface area contributed by atoms with Crippen LogP contribution >= 0.6 is 0 Å². The number of nitrogens with zero attached hydrogens (tertiary/aromatic N) is 2. The minimum absolute atomic E-state index is 0.193. The number of rotatable bonds is 8. The Morgan fingerprint density at radius 2 is 1.93 bits per heavy atom. The molecule has 6 heteroatoms. The molecule has 0 spiro atoms. The van der Waals surface area contributed by atoms with E-state index in [1.165, 1.54) is 25.7 Å². The zero-order valence-electron chi connectivity index (χ0n) is 17.1. The van der Waals surface area contributed by atoms with Crippen molar-refractivity contribution in [2.45, 2.75) is 38.6 Å². The third-order valence-corrected chi connectivity index (χ3v) is 6.05. The number of nitrogens with one attached hydrogen (secondary N) is 1. The average molecular weight is 402 g/mol. The van der Waals surface area contributed by atoms with Gasteiger partial charge in [0.25, 0.3) is 5.91 Å². The Kier molecular flexibility index (Phi) is 4.77. The van der Waals surface area contributed by atoms with Crippen LogP contribution in [0.3, 0.4) is 0 Å². The fourth-order valence-corrected chi connectivity index (χ4v) is 3.81. The zero-order valence-corrected chi connectivity index (χ0v) is 17.1. The van der Waals surface area contributed by atoms with E-state index in [1.54, 1.807) is 0 Å². The van der Waals surface area contributed by atoms with Gasteiger partial charge in [-0.05, 0) is 79.8 Å². The van der Waals surface area contributed by atoms with E-state index in [-0.39, 0.29) is 11.7 Å². The highest BCUT2D eigenvalue weighted by atomic mass is 16.5. The number of fused-ring (bicyclic) bond motifs is 1. The molecule has 2 saturated carbocycles. The number of primary amides is 1. The van der Waals surface area contributed by atoms with Crippen LogP contribution in [0.4, 0.5) is 5.69 Å². The van der Waals surface area contributed by atoms with Gasteiger partial charge in [-0.3, -0.25) is 4.79 Å². The molecule has 154 valence electrons. The summed E-state index contributed by atoms with van der Waals surface area (Å²) in [7, 11) is 0. The molecule has 3 N–H and O–H groups in total. The number of nitrogens with two attached hydrogens (primary N) is 1. The Labute approximate surface area is 175 Å². The van der Waals surface area contributed by atoms with Crippen LogP contribution in [0.15, 0.2) is 42.5 Å². The van der Waals surface area contributed by atoms with Crippen molar-refractivity contribution in [1.82, 2.24) is 10.2 Å². The summed E-state index contributed by atoms with van der Waals surface area (Å²) < 4.78 is 5.92. The second-order valence-corrected chi connectivity index (χ2v) is 8.57. The fraction of sp³-hybridized carbons (Fsp3) is 0.375. The van der Waals surface area contributed by atoms with Gasteiger partial charge in [-0.2, -0.15) is 0 Å². The molecular formula is C24H26N4O2. The second-order valence-electron chi connectivity index (χ2n) is 8.57. The zero-order chi connectivity index (χ0) is 20.7. The van der Waals surface area contributed by atoms with Gasteiger partial charge in [0.05, 0.1) is 17.8 Å². The molecule has 3 aromatic rings. The molecule has 1 heterocycles. The summed E-state index contributed by atoms with van der Waals surface area (Å²) in [6.07, 6.45) is 4.96. The topological polar surface area (TPSA) is 90.1 Å². The molecule has 0 bridgehead atoms. The first kappa shape index (κ1) is 18.9. The molecule has 5 rings (SSSR count). The van der Waals surface area contributed by atoms with Crippen molar-refractivity contribution >= 4 is 22.5 Å². The first-order valence-corrected chi connectivity index (χ1v) is 10.7. The van der Waals surface area contributed by atoms with Gasteiger partial charge in [0.15, 0.2) is 5.69 Å². The predicted octanol–water partition coefficient (Wildman–Crippen LogP) is 4.39. The standard InChI is InChI=1S/C24H26N4O2/c1-14(16-7-8-16)26-22-20-10-9-18(12-21(20)27-28-23(22)24(25)29)17-3-2-4-19(11-17)30-13-15-5-6-15/h2-4,9-12,14-16H,5-8,13H2,1H3,(H2,25,29)(H,26,27)/t14-/m1/s1. The van der Waals surface area contributed by atoms with Crippen LogP contribution in [0.25, 0.3) is 22.0 Å². The Morgan fingerprint density at radius 1 is 1.13 bits per heavy atom. The van der Waals surface area contributed by atoms with Gasteiger partial charge in [-0.25, -0.2) is 0 Å². The first-order chi connectivity index (χ1) is 14.6. The summed E-state index contributed by atoms with van der Waals surface area (Å²) >= 11 is 0. The van der Waals surface area contributed by atoms with Gasteiger partial charge >= 0.3 is 0 Å². The monoisotopic (exact) mass is 402 g/mol. The maximum absolute atomic E-state index is 11.9. The van der Waals surface area contributed by atoms with Crippen LogP contribution in [0.5, 0.6) is 5.75 Å². The van der Waals surface area contributed by atoms with Crippen molar-refractivity contribution < 1.29 is 9.53 Å². The van der Waals surface area contributed by atoms with E-state index in [2.05, 4.69) is 34.6 Å². The number of amides is 1. The van der Waals surface area contributed by atoms with Gasteiger partial charge in [0.1, 0.15) is 5.75 Å².